The number of nitrogens with one attached hydrogen (secondary N) is 2. The van der Waals surface area contributed by atoms with Crippen LogP contribution in [-0.2, 0) is 6.54 Å². The predicted molar refractivity (Wildman–Crippen MR) is 79.7 cm³/mol. The maximum absolute atomic E-state index is 11.6. The van der Waals surface area contributed by atoms with Gasteiger partial charge >= 0.3 is 12.0 Å². The number of hydrogen-bond donors (Lipinski definition) is 3. The second-order valence-corrected chi connectivity index (χ2v) is 6.23. The minimum absolute atomic E-state index is 0.221. The Labute approximate surface area is 127 Å². The van der Waals surface area contributed by atoms with Crippen molar-refractivity contribution < 1.29 is 14.7 Å². The minimum Gasteiger partial charge on any atom is -0.477 e. The molecule has 2 amide bonds. The van der Waals surface area contributed by atoms with E-state index in [9.17, 15) is 9.59 Å². The smallest absolute Gasteiger partial charge is 0.347 e. The molecule has 0 bridgehead atoms. The van der Waals surface area contributed by atoms with Gasteiger partial charge in [-0.05, 0) is 26.8 Å². The van der Waals surface area contributed by atoms with E-state index in [1.807, 2.05) is 0 Å². The first-order valence-electron chi connectivity index (χ1n) is 6.89. The van der Waals surface area contributed by atoms with Crippen molar-refractivity contribution in [2.24, 2.45) is 0 Å². The summed E-state index contributed by atoms with van der Waals surface area (Å²) in [6, 6.07) is 0.423. The molecule has 116 valence electrons. The molecule has 1 saturated carbocycles. The van der Waals surface area contributed by atoms with Crippen LogP contribution in [0.25, 0.3) is 0 Å². The Bertz CT molecular complexity index is 527. The van der Waals surface area contributed by atoms with E-state index in [-0.39, 0.29) is 17.5 Å². The summed E-state index contributed by atoms with van der Waals surface area (Å²) in [5.41, 5.74) is 0.482. The van der Waals surface area contributed by atoms with E-state index in [0.29, 0.717) is 23.3 Å². The van der Waals surface area contributed by atoms with Gasteiger partial charge in [0.2, 0.25) is 0 Å². The zero-order chi connectivity index (χ0) is 15.4. The molecule has 0 spiro atoms. The van der Waals surface area contributed by atoms with Crippen LogP contribution in [0.2, 0.25) is 0 Å². The molecule has 8 heteroatoms. The van der Waals surface area contributed by atoms with E-state index >= 15 is 0 Å². The third-order valence-electron chi connectivity index (χ3n) is 3.36. The summed E-state index contributed by atoms with van der Waals surface area (Å²) in [5, 5.41) is 15.0. The van der Waals surface area contributed by atoms with Crippen LogP contribution in [0.4, 0.5) is 4.79 Å². The molecule has 0 aliphatic heterocycles. The van der Waals surface area contributed by atoms with Crippen molar-refractivity contribution in [2.45, 2.75) is 32.4 Å². The molecule has 2 rings (SSSR count). The first-order valence-corrected chi connectivity index (χ1v) is 7.70. The molecule has 1 fully saturated rings. The standard InChI is InChI=1S/C13H20N4O3S/c1-8-11(12(18)19)21-10(16-8)7-15-13(20)14-5-6-17(2)9-3-4-9/h9H,3-7H2,1-2H3,(H,18,19)(H2,14,15,20). The number of carboxylic acid groups (broad SMARTS) is 1. The lowest BCUT2D eigenvalue weighted by atomic mass is 10.4. The third kappa shape index (κ3) is 4.68. The van der Waals surface area contributed by atoms with Gasteiger partial charge in [-0.15, -0.1) is 11.3 Å². The van der Waals surface area contributed by atoms with Gasteiger partial charge in [0, 0.05) is 19.1 Å². The van der Waals surface area contributed by atoms with Crippen LogP contribution >= 0.6 is 11.3 Å². The lowest BCUT2D eigenvalue weighted by molar-refractivity contribution is 0.0701. The number of carboxylic acids is 1. The largest absolute Gasteiger partial charge is 0.477 e. The van der Waals surface area contributed by atoms with Gasteiger partial charge in [0.05, 0.1) is 12.2 Å². The number of rotatable bonds is 7. The molecular weight excluding hydrogens is 292 g/mol. The van der Waals surface area contributed by atoms with Crippen LogP contribution in [0.15, 0.2) is 0 Å². The molecule has 0 radical (unpaired) electrons. The number of amides is 2. The van der Waals surface area contributed by atoms with Gasteiger partial charge in [0.1, 0.15) is 9.88 Å². The first-order chi connectivity index (χ1) is 9.97. The number of carbonyl (C=O) groups excluding carboxylic acids is 1. The highest BCUT2D eigenvalue weighted by atomic mass is 32.1. The number of aryl methyl sites for hydroxylation is 1. The highest BCUT2D eigenvalue weighted by Gasteiger charge is 2.25. The highest BCUT2D eigenvalue weighted by Crippen LogP contribution is 2.24. The van der Waals surface area contributed by atoms with E-state index in [4.69, 9.17) is 5.11 Å². The van der Waals surface area contributed by atoms with Gasteiger partial charge in [0.25, 0.3) is 0 Å². The number of carbonyl (C=O) groups is 2. The Morgan fingerprint density at radius 2 is 2.14 bits per heavy atom. The maximum atomic E-state index is 11.6. The second-order valence-electron chi connectivity index (χ2n) is 5.15. The Morgan fingerprint density at radius 1 is 1.43 bits per heavy atom. The lowest BCUT2D eigenvalue weighted by Crippen LogP contribution is -2.39. The van der Waals surface area contributed by atoms with Crippen molar-refractivity contribution in [1.82, 2.24) is 20.5 Å². The summed E-state index contributed by atoms with van der Waals surface area (Å²) in [7, 11) is 2.06. The fraction of sp³-hybridized carbons (Fsp3) is 0.615. The Balaban J connectivity index is 1.68. The topological polar surface area (TPSA) is 94.6 Å². The Kier molecular flexibility index (Phi) is 5.13. The van der Waals surface area contributed by atoms with Crippen molar-refractivity contribution in [3.8, 4) is 0 Å². The number of aromatic nitrogens is 1. The maximum Gasteiger partial charge on any atom is 0.347 e. The van der Waals surface area contributed by atoms with Crippen LogP contribution in [0.1, 0.15) is 33.2 Å². The van der Waals surface area contributed by atoms with Gasteiger partial charge in [0.15, 0.2) is 0 Å². The number of nitrogens with zero attached hydrogens (tertiary/aromatic N) is 2. The SMILES string of the molecule is Cc1nc(CNC(=O)NCCN(C)C2CC2)sc1C(=O)O. The summed E-state index contributed by atoms with van der Waals surface area (Å²) in [4.78, 5) is 29.1. The van der Waals surface area contributed by atoms with E-state index in [1.54, 1.807) is 6.92 Å². The fourth-order valence-corrected chi connectivity index (χ4v) is 2.83. The number of likely N-dealkylation sites (N-methyl/N-ethyl adjacent to an activating group) is 1. The van der Waals surface area contributed by atoms with Crippen molar-refractivity contribution in [2.75, 3.05) is 20.1 Å². The predicted octanol–water partition coefficient (Wildman–Crippen LogP) is 1.04. The van der Waals surface area contributed by atoms with Crippen LogP contribution in [0, 0.1) is 6.92 Å². The summed E-state index contributed by atoms with van der Waals surface area (Å²) in [5.74, 6) is -0.983. The molecule has 7 nitrogen and oxygen atoms in total. The molecule has 1 aromatic rings. The van der Waals surface area contributed by atoms with Crippen molar-refractivity contribution in [1.29, 1.82) is 0 Å². The van der Waals surface area contributed by atoms with Crippen LogP contribution in [-0.4, -0.2) is 53.2 Å². The average molecular weight is 312 g/mol. The number of thiazole rings is 1. The van der Waals surface area contributed by atoms with Crippen molar-refractivity contribution in [3.63, 3.8) is 0 Å². The van der Waals surface area contributed by atoms with Crippen LogP contribution < -0.4 is 10.6 Å². The molecule has 1 aliphatic carbocycles. The zero-order valence-corrected chi connectivity index (χ0v) is 13.0. The summed E-state index contributed by atoms with van der Waals surface area (Å²) in [6.07, 6.45) is 2.50. The second kappa shape index (κ2) is 6.86. The number of urea groups is 1. The molecule has 21 heavy (non-hydrogen) atoms. The molecule has 0 unspecified atom stereocenters. The molecule has 3 N–H and O–H groups in total. The highest BCUT2D eigenvalue weighted by molar-refractivity contribution is 7.13. The molecule has 1 aromatic heterocycles. The fourth-order valence-electron chi connectivity index (χ4n) is 1.99. The van der Waals surface area contributed by atoms with Gasteiger partial charge in [-0.1, -0.05) is 0 Å². The number of hydrogen-bond acceptors (Lipinski definition) is 5. The van der Waals surface area contributed by atoms with Gasteiger partial charge in [-0.3, -0.25) is 0 Å². The van der Waals surface area contributed by atoms with E-state index < -0.39 is 5.97 Å². The Hall–Kier alpha value is -1.67. The summed E-state index contributed by atoms with van der Waals surface area (Å²) in [6.45, 7) is 3.31. The first kappa shape index (κ1) is 15.7. The Morgan fingerprint density at radius 3 is 2.71 bits per heavy atom. The van der Waals surface area contributed by atoms with Crippen LogP contribution in [0.3, 0.4) is 0 Å². The molecule has 1 heterocycles. The zero-order valence-electron chi connectivity index (χ0n) is 12.2. The van der Waals surface area contributed by atoms with Crippen molar-refractivity contribution in [3.05, 3.63) is 15.6 Å². The molecule has 0 aromatic carbocycles. The number of aromatic carboxylic acids is 1. The normalized spacial score (nSPS) is 14.2. The summed E-state index contributed by atoms with van der Waals surface area (Å²) >= 11 is 1.09. The van der Waals surface area contributed by atoms with E-state index in [2.05, 4.69) is 27.6 Å². The third-order valence-corrected chi connectivity index (χ3v) is 4.50. The molecule has 0 saturated heterocycles. The minimum atomic E-state index is -0.983. The molecule has 1 aliphatic rings. The quantitative estimate of drug-likeness (QED) is 0.699. The van der Waals surface area contributed by atoms with Gasteiger partial charge < -0.3 is 20.6 Å². The van der Waals surface area contributed by atoms with E-state index in [0.717, 1.165) is 17.9 Å². The van der Waals surface area contributed by atoms with Gasteiger partial charge in [-0.25, -0.2) is 14.6 Å². The molecular formula is C13H20N4O3S. The van der Waals surface area contributed by atoms with Crippen molar-refractivity contribution >= 4 is 23.3 Å². The summed E-state index contributed by atoms with van der Waals surface area (Å²) < 4.78 is 0. The average Bonchev–Trinajstić information content (AvgIpc) is 3.20. The van der Waals surface area contributed by atoms with Gasteiger partial charge in [-0.2, -0.15) is 0 Å². The molecule has 0 atom stereocenters. The van der Waals surface area contributed by atoms with E-state index in [1.165, 1.54) is 12.8 Å². The van der Waals surface area contributed by atoms with Crippen LogP contribution in [0.5, 0.6) is 0 Å². The lowest BCUT2D eigenvalue weighted by Gasteiger charge is -2.15. The monoisotopic (exact) mass is 312 g/mol.